The van der Waals surface area contributed by atoms with E-state index in [1.54, 1.807) is 12.1 Å². The zero-order valence-corrected chi connectivity index (χ0v) is 14.0. The molecule has 23 heavy (non-hydrogen) atoms. The van der Waals surface area contributed by atoms with E-state index in [1.807, 2.05) is 12.1 Å². The van der Waals surface area contributed by atoms with Gasteiger partial charge >= 0.3 is 0 Å². The summed E-state index contributed by atoms with van der Waals surface area (Å²) in [5.74, 6) is 0.257. The molecule has 1 aromatic carbocycles. The average molecular weight is 313 g/mol. The van der Waals surface area contributed by atoms with Crippen LogP contribution in [0.3, 0.4) is 0 Å². The van der Waals surface area contributed by atoms with E-state index in [-0.39, 0.29) is 23.7 Å². The molecule has 1 fully saturated rings. The average Bonchev–Trinajstić information content (AvgIpc) is 2.78. The van der Waals surface area contributed by atoms with Crippen LogP contribution >= 0.6 is 0 Å². The minimum Gasteiger partial charge on any atom is -0.494 e. The number of amides is 2. The number of benzene rings is 1. The SMILES string of the molecule is CCCOc1ccc(N2C(=O)C3CC(C)=C(C)CC3C2=O)cc1. The molecule has 1 aromatic rings. The number of allylic oxidation sites excluding steroid dienone is 2. The summed E-state index contributed by atoms with van der Waals surface area (Å²) in [5.41, 5.74) is 3.14. The molecule has 2 amide bonds. The normalized spacial score (nSPS) is 24.2. The first-order valence-electron chi connectivity index (χ1n) is 8.28. The van der Waals surface area contributed by atoms with Crippen molar-refractivity contribution in [2.75, 3.05) is 11.5 Å². The highest BCUT2D eigenvalue weighted by molar-refractivity contribution is 6.22. The molecule has 1 saturated heterocycles. The lowest BCUT2D eigenvalue weighted by Gasteiger charge is -2.23. The van der Waals surface area contributed by atoms with Crippen LogP contribution in [0, 0.1) is 11.8 Å². The Morgan fingerprint density at radius 2 is 1.52 bits per heavy atom. The van der Waals surface area contributed by atoms with Crippen LogP contribution in [0.1, 0.15) is 40.0 Å². The summed E-state index contributed by atoms with van der Waals surface area (Å²) >= 11 is 0. The number of nitrogens with zero attached hydrogens (tertiary/aromatic N) is 1. The predicted octanol–water partition coefficient (Wildman–Crippen LogP) is 3.71. The number of fused-ring (bicyclic) bond motifs is 1. The fourth-order valence-electron chi connectivity index (χ4n) is 3.42. The number of hydrogen-bond acceptors (Lipinski definition) is 3. The Balaban J connectivity index is 1.82. The zero-order valence-electron chi connectivity index (χ0n) is 14.0. The van der Waals surface area contributed by atoms with Gasteiger partial charge in [0.1, 0.15) is 5.75 Å². The van der Waals surface area contributed by atoms with Gasteiger partial charge in [-0.05, 0) is 57.4 Å². The minimum absolute atomic E-state index is 0.0610. The summed E-state index contributed by atoms with van der Waals surface area (Å²) in [4.78, 5) is 26.8. The molecule has 0 aromatic heterocycles. The summed E-state index contributed by atoms with van der Waals surface area (Å²) in [7, 11) is 0. The van der Waals surface area contributed by atoms with Crippen molar-refractivity contribution in [1.82, 2.24) is 0 Å². The third-order valence-corrected chi connectivity index (χ3v) is 4.91. The standard InChI is InChI=1S/C19H23NO3/c1-4-9-23-15-7-5-14(6-8-15)20-18(21)16-10-12(2)13(3)11-17(16)19(20)22/h5-8,16-17H,4,9-11H2,1-3H3. The maximum Gasteiger partial charge on any atom is 0.238 e. The Bertz CT molecular complexity index is 628. The monoisotopic (exact) mass is 313 g/mol. The highest BCUT2D eigenvalue weighted by atomic mass is 16.5. The molecular formula is C19H23NO3. The lowest BCUT2D eigenvalue weighted by molar-refractivity contribution is -0.122. The summed E-state index contributed by atoms with van der Waals surface area (Å²) in [5, 5.41) is 0. The van der Waals surface area contributed by atoms with E-state index < -0.39 is 0 Å². The molecule has 122 valence electrons. The van der Waals surface area contributed by atoms with Crippen LogP contribution in [0.25, 0.3) is 0 Å². The van der Waals surface area contributed by atoms with Crippen LogP contribution < -0.4 is 9.64 Å². The molecule has 1 aliphatic heterocycles. The number of ether oxygens (including phenoxy) is 1. The van der Waals surface area contributed by atoms with Gasteiger partial charge in [-0.3, -0.25) is 14.5 Å². The predicted molar refractivity (Wildman–Crippen MR) is 89.3 cm³/mol. The van der Waals surface area contributed by atoms with Crippen molar-refractivity contribution in [2.24, 2.45) is 11.8 Å². The number of imide groups is 1. The summed E-state index contributed by atoms with van der Waals surface area (Å²) in [6.07, 6.45) is 2.35. The lowest BCUT2D eigenvalue weighted by atomic mass is 9.78. The second-order valence-electron chi connectivity index (χ2n) is 6.54. The van der Waals surface area contributed by atoms with Crippen LogP contribution in [0.5, 0.6) is 5.75 Å². The second kappa shape index (κ2) is 6.19. The highest BCUT2D eigenvalue weighted by Crippen LogP contribution is 2.42. The number of carbonyl (C=O) groups is 2. The summed E-state index contributed by atoms with van der Waals surface area (Å²) in [6, 6.07) is 7.24. The highest BCUT2D eigenvalue weighted by Gasteiger charge is 2.49. The first kappa shape index (κ1) is 15.8. The maximum absolute atomic E-state index is 12.7. The number of carbonyl (C=O) groups excluding carboxylic acids is 2. The van der Waals surface area contributed by atoms with Gasteiger partial charge in [0.15, 0.2) is 0 Å². The van der Waals surface area contributed by atoms with Gasteiger partial charge in [0.25, 0.3) is 0 Å². The van der Waals surface area contributed by atoms with Gasteiger partial charge in [-0.25, -0.2) is 0 Å². The first-order valence-corrected chi connectivity index (χ1v) is 8.28. The molecule has 0 radical (unpaired) electrons. The van der Waals surface area contributed by atoms with Crippen molar-refractivity contribution < 1.29 is 14.3 Å². The molecule has 2 aliphatic rings. The molecule has 0 bridgehead atoms. The van der Waals surface area contributed by atoms with E-state index in [2.05, 4.69) is 20.8 Å². The van der Waals surface area contributed by atoms with E-state index >= 15 is 0 Å². The number of anilines is 1. The lowest BCUT2D eigenvalue weighted by Crippen LogP contribution is -2.30. The van der Waals surface area contributed by atoms with Crippen LogP contribution in [0.15, 0.2) is 35.4 Å². The van der Waals surface area contributed by atoms with Gasteiger partial charge in [-0.1, -0.05) is 18.1 Å². The van der Waals surface area contributed by atoms with Gasteiger partial charge in [0.05, 0.1) is 24.1 Å². The van der Waals surface area contributed by atoms with E-state index in [4.69, 9.17) is 4.74 Å². The van der Waals surface area contributed by atoms with E-state index in [9.17, 15) is 9.59 Å². The third-order valence-electron chi connectivity index (χ3n) is 4.91. The van der Waals surface area contributed by atoms with Gasteiger partial charge in [0.2, 0.25) is 11.8 Å². The van der Waals surface area contributed by atoms with Crippen LogP contribution in [-0.2, 0) is 9.59 Å². The molecule has 0 saturated carbocycles. The molecule has 4 heteroatoms. The van der Waals surface area contributed by atoms with Gasteiger partial charge in [-0.15, -0.1) is 0 Å². The Morgan fingerprint density at radius 3 is 2.00 bits per heavy atom. The molecule has 0 N–H and O–H groups in total. The summed E-state index contributed by atoms with van der Waals surface area (Å²) in [6.45, 7) is 6.84. The Hall–Kier alpha value is -2.10. The van der Waals surface area contributed by atoms with Crippen molar-refractivity contribution in [3.63, 3.8) is 0 Å². The molecule has 2 atom stereocenters. The molecule has 1 aliphatic carbocycles. The maximum atomic E-state index is 12.7. The Morgan fingerprint density at radius 1 is 1.00 bits per heavy atom. The fourth-order valence-corrected chi connectivity index (χ4v) is 3.42. The smallest absolute Gasteiger partial charge is 0.238 e. The zero-order chi connectivity index (χ0) is 16.6. The topological polar surface area (TPSA) is 46.6 Å². The first-order chi connectivity index (χ1) is 11.0. The van der Waals surface area contributed by atoms with Gasteiger partial charge in [0, 0.05) is 0 Å². The quantitative estimate of drug-likeness (QED) is 0.629. The second-order valence-corrected chi connectivity index (χ2v) is 6.54. The molecule has 3 rings (SSSR count). The molecule has 0 spiro atoms. The van der Waals surface area contributed by atoms with E-state index in [1.165, 1.54) is 16.0 Å². The fraction of sp³-hybridized carbons (Fsp3) is 0.474. The summed E-state index contributed by atoms with van der Waals surface area (Å²) < 4.78 is 5.55. The van der Waals surface area contributed by atoms with Crippen molar-refractivity contribution in [2.45, 2.75) is 40.0 Å². The Labute approximate surface area is 137 Å². The number of hydrogen-bond donors (Lipinski definition) is 0. The Kier molecular flexibility index (Phi) is 4.24. The minimum atomic E-state index is -0.192. The molecular weight excluding hydrogens is 290 g/mol. The van der Waals surface area contributed by atoms with E-state index in [0.29, 0.717) is 25.1 Å². The third kappa shape index (κ3) is 2.78. The molecule has 1 heterocycles. The molecule has 2 unspecified atom stereocenters. The van der Waals surface area contributed by atoms with Crippen molar-refractivity contribution >= 4 is 17.5 Å². The van der Waals surface area contributed by atoms with Crippen molar-refractivity contribution in [3.05, 3.63) is 35.4 Å². The van der Waals surface area contributed by atoms with Crippen LogP contribution in [0.4, 0.5) is 5.69 Å². The molecule has 4 nitrogen and oxygen atoms in total. The van der Waals surface area contributed by atoms with E-state index in [0.717, 1.165) is 12.2 Å². The number of rotatable bonds is 4. The van der Waals surface area contributed by atoms with Crippen LogP contribution in [-0.4, -0.2) is 18.4 Å². The largest absolute Gasteiger partial charge is 0.494 e. The van der Waals surface area contributed by atoms with Gasteiger partial charge in [-0.2, -0.15) is 0 Å². The van der Waals surface area contributed by atoms with Crippen LogP contribution in [0.2, 0.25) is 0 Å². The van der Waals surface area contributed by atoms with Crippen molar-refractivity contribution in [1.29, 1.82) is 0 Å². The van der Waals surface area contributed by atoms with Crippen molar-refractivity contribution in [3.8, 4) is 5.75 Å². The van der Waals surface area contributed by atoms with Gasteiger partial charge < -0.3 is 4.74 Å².